The maximum atomic E-state index is 12.7. The molecule has 2 aromatic carbocycles. The molecule has 1 amide bonds. The molecule has 2 aromatic rings. The summed E-state index contributed by atoms with van der Waals surface area (Å²) in [5, 5.41) is 0. The molecule has 0 N–H and O–H groups in total. The van der Waals surface area contributed by atoms with Gasteiger partial charge < -0.3 is 14.5 Å². The zero-order valence-corrected chi connectivity index (χ0v) is 17.2. The standard InChI is InChI=1S/C22H26N2O3S/c1-3-28-20-12-8-7-11-19(20)22(26)27-17(2)21(25)24-15-13-23(14-16-24)18-9-5-4-6-10-18/h4-12,17H,3,13-16H2,1-2H3/t17-/m0/s1. The van der Waals surface area contributed by atoms with Crippen molar-refractivity contribution >= 4 is 29.3 Å². The average Bonchev–Trinajstić information content (AvgIpc) is 2.74. The highest BCUT2D eigenvalue weighted by Crippen LogP contribution is 2.23. The molecule has 0 aliphatic carbocycles. The maximum absolute atomic E-state index is 12.7. The molecule has 0 aromatic heterocycles. The van der Waals surface area contributed by atoms with E-state index in [-0.39, 0.29) is 5.91 Å². The summed E-state index contributed by atoms with van der Waals surface area (Å²) in [5.41, 5.74) is 1.68. The minimum Gasteiger partial charge on any atom is -0.449 e. The Morgan fingerprint density at radius 1 is 1.00 bits per heavy atom. The smallest absolute Gasteiger partial charge is 0.340 e. The zero-order valence-electron chi connectivity index (χ0n) is 16.3. The predicted octanol–water partition coefficient (Wildman–Crippen LogP) is 3.69. The highest BCUT2D eigenvalue weighted by molar-refractivity contribution is 7.99. The van der Waals surface area contributed by atoms with E-state index < -0.39 is 12.1 Å². The molecule has 148 valence electrons. The van der Waals surface area contributed by atoms with Crippen LogP contribution in [0, 0.1) is 0 Å². The van der Waals surface area contributed by atoms with Crippen LogP contribution in [0.25, 0.3) is 0 Å². The molecule has 28 heavy (non-hydrogen) atoms. The molecular weight excluding hydrogens is 372 g/mol. The first-order valence-electron chi connectivity index (χ1n) is 9.61. The minimum absolute atomic E-state index is 0.137. The quantitative estimate of drug-likeness (QED) is 0.549. The van der Waals surface area contributed by atoms with Gasteiger partial charge in [-0.2, -0.15) is 0 Å². The van der Waals surface area contributed by atoms with Crippen molar-refractivity contribution in [1.82, 2.24) is 4.90 Å². The van der Waals surface area contributed by atoms with E-state index in [0.29, 0.717) is 18.7 Å². The number of hydrogen-bond acceptors (Lipinski definition) is 5. The Labute approximate surface area is 170 Å². The fraction of sp³-hybridized carbons (Fsp3) is 0.364. The second kappa shape index (κ2) is 9.64. The number of carbonyl (C=O) groups excluding carboxylic acids is 2. The van der Waals surface area contributed by atoms with Crippen molar-refractivity contribution in [3.63, 3.8) is 0 Å². The predicted molar refractivity (Wildman–Crippen MR) is 113 cm³/mol. The van der Waals surface area contributed by atoms with Gasteiger partial charge in [-0.05, 0) is 36.9 Å². The van der Waals surface area contributed by atoms with E-state index in [1.54, 1.807) is 29.7 Å². The largest absolute Gasteiger partial charge is 0.449 e. The molecule has 0 spiro atoms. The van der Waals surface area contributed by atoms with E-state index in [1.165, 1.54) is 5.69 Å². The number of ether oxygens (including phenoxy) is 1. The van der Waals surface area contributed by atoms with Crippen LogP contribution in [0.15, 0.2) is 59.5 Å². The van der Waals surface area contributed by atoms with Crippen LogP contribution >= 0.6 is 11.8 Å². The fourth-order valence-electron chi connectivity index (χ4n) is 3.27. The number of hydrogen-bond donors (Lipinski definition) is 0. The number of anilines is 1. The average molecular weight is 399 g/mol. The van der Waals surface area contributed by atoms with Gasteiger partial charge in [0.15, 0.2) is 6.10 Å². The van der Waals surface area contributed by atoms with Crippen LogP contribution in [0.4, 0.5) is 5.69 Å². The van der Waals surface area contributed by atoms with Gasteiger partial charge in [0.25, 0.3) is 5.91 Å². The van der Waals surface area contributed by atoms with Crippen LogP contribution < -0.4 is 4.90 Å². The Balaban J connectivity index is 1.56. The molecule has 1 aliphatic rings. The maximum Gasteiger partial charge on any atom is 0.340 e. The molecular formula is C22H26N2O3S. The molecule has 0 bridgehead atoms. The molecule has 1 atom stereocenters. The van der Waals surface area contributed by atoms with Crippen molar-refractivity contribution in [1.29, 1.82) is 0 Å². The second-order valence-electron chi connectivity index (χ2n) is 6.62. The van der Waals surface area contributed by atoms with E-state index >= 15 is 0 Å². The van der Waals surface area contributed by atoms with Crippen LogP contribution in [0.3, 0.4) is 0 Å². The van der Waals surface area contributed by atoms with Gasteiger partial charge in [0.2, 0.25) is 0 Å². The minimum atomic E-state index is -0.796. The van der Waals surface area contributed by atoms with Crippen molar-refractivity contribution < 1.29 is 14.3 Å². The van der Waals surface area contributed by atoms with Crippen LogP contribution in [0.1, 0.15) is 24.2 Å². The molecule has 3 rings (SSSR count). The lowest BCUT2D eigenvalue weighted by Crippen LogP contribution is -2.51. The Hall–Kier alpha value is -2.47. The molecule has 1 saturated heterocycles. The third-order valence-electron chi connectivity index (χ3n) is 4.75. The Morgan fingerprint density at radius 2 is 1.64 bits per heavy atom. The molecule has 1 fully saturated rings. The Kier molecular flexibility index (Phi) is 6.98. The van der Waals surface area contributed by atoms with E-state index in [9.17, 15) is 9.59 Å². The van der Waals surface area contributed by atoms with Crippen LogP contribution in [-0.4, -0.2) is 54.8 Å². The van der Waals surface area contributed by atoms with Crippen LogP contribution in [-0.2, 0) is 9.53 Å². The zero-order chi connectivity index (χ0) is 19.9. The molecule has 0 saturated carbocycles. The van der Waals surface area contributed by atoms with Gasteiger partial charge in [0.1, 0.15) is 0 Å². The molecule has 1 heterocycles. The van der Waals surface area contributed by atoms with E-state index in [4.69, 9.17) is 4.74 Å². The second-order valence-corrected chi connectivity index (χ2v) is 7.93. The topological polar surface area (TPSA) is 49.9 Å². The summed E-state index contributed by atoms with van der Waals surface area (Å²) in [5.74, 6) is 0.284. The van der Waals surface area contributed by atoms with Gasteiger partial charge in [-0.15, -0.1) is 11.8 Å². The highest BCUT2D eigenvalue weighted by Gasteiger charge is 2.28. The van der Waals surface area contributed by atoms with Crippen LogP contribution in [0.5, 0.6) is 0 Å². The molecule has 5 nitrogen and oxygen atoms in total. The number of piperazine rings is 1. The summed E-state index contributed by atoms with van der Waals surface area (Å²) in [6.45, 7) is 6.47. The number of nitrogens with zero attached hydrogens (tertiary/aromatic N) is 2. The van der Waals surface area contributed by atoms with E-state index in [0.717, 1.165) is 23.7 Å². The fourth-order valence-corrected chi connectivity index (χ4v) is 4.06. The van der Waals surface area contributed by atoms with Gasteiger partial charge in [0.05, 0.1) is 5.56 Å². The molecule has 0 radical (unpaired) electrons. The lowest BCUT2D eigenvalue weighted by Gasteiger charge is -2.37. The summed E-state index contributed by atoms with van der Waals surface area (Å²) < 4.78 is 5.49. The van der Waals surface area contributed by atoms with E-state index in [2.05, 4.69) is 17.0 Å². The number of benzene rings is 2. The van der Waals surface area contributed by atoms with Gasteiger partial charge in [-0.1, -0.05) is 37.3 Å². The monoisotopic (exact) mass is 398 g/mol. The lowest BCUT2D eigenvalue weighted by molar-refractivity contribution is -0.140. The molecule has 6 heteroatoms. The Bertz CT molecular complexity index is 804. The Morgan fingerprint density at radius 3 is 2.32 bits per heavy atom. The number of para-hydroxylation sites is 1. The summed E-state index contributed by atoms with van der Waals surface area (Å²) >= 11 is 1.59. The summed E-state index contributed by atoms with van der Waals surface area (Å²) in [6, 6.07) is 17.5. The van der Waals surface area contributed by atoms with Crippen molar-refractivity contribution in [3.05, 3.63) is 60.2 Å². The van der Waals surface area contributed by atoms with Crippen LogP contribution in [0.2, 0.25) is 0 Å². The van der Waals surface area contributed by atoms with Crippen molar-refractivity contribution in [2.75, 3.05) is 36.8 Å². The van der Waals surface area contributed by atoms with Gasteiger partial charge in [0, 0.05) is 36.8 Å². The summed E-state index contributed by atoms with van der Waals surface area (Å²) in [6.07, 6.45) is -0.796. The van der Waals surface area contributed by atoms with Crippen molar-refractivity contribution in [2.24, 2.45) is 0 Å². The number of rotatable bonds is 6. The first-order valence-corrected chi connectivity index (χ1v) is 10.6. The first kappa shape index (κ1) is 20.3. The van der Waals surface area contributed by atoms with Crippen molar-refractivity contribution in [3.8, 4) is 0 Å². The molecule has 0 unspecified atom stereocenters. The van der Waals surface area contributed by atoms with Gasteiger partial charge in [-0.3, -0.25) is 4.79 Å². The lowest BCUT2D eigenvalue weighted by atomic mass is 10.2. The number of thioether (sulfide) groups is 1. The SMILES string of the molecule is CCSc1ccccc1C(=O)O[C@@H](C)C(=O)N1CCN(c2ccccc2)CC1. The third-order valence-corrected chi connectivity index (χ3v) is 5.71. The number of carbonyl (C=O) groups is 2. The highest BCUT2D eigenvalue weighted by atomic mass is 32.2. The third kappa shape index (κ3) is 4.87. The van der Waals surface area contributed by atoms with E-state index in [1.807, 2.05) is 43.3 Å². The normalized spacial score (nSPS) is 15.2. The summed E-state index contributed by atoms with van der Waals surface area (Å²) in [7, 11) is 0. The number of esters is 1. The molecule has 1 aliphatic heterocycles. The number of amides is 1. The van der Waals surface area contributed by atoms with Gasteiger partial charge >= 0.3 is 5.97 Å². The first-order chi connectivity index (χ1) is 13.6. The summed E-state index contributed by atoms with van der Waals surface area (Å²) in [4.78, 5) is 30.2. The van der Waals surface area contributed by atoms with Crippen molar-refractivity contribution in [2.45, 2.75) is 24.8 Å². The van der Waals surface area contributed by atoms with Gasteiger partial charge in [-0.25, -0.2) is 4.79 Å².